The number of H-pyrrole nitrogens is 2. The molecule has 0 atom stereocenters. The summed E-state index contributed by atoms with van der Waals surface area (Å²) in [6.45, 7) is 0. The number of fused-ring (bicyclic) bond motifs is 1. The first kappa shape index (κ1) is 15.5. The maximum atomic E-state index is 6.02. The number of nitrogens with one attached hydrogen (secondary N) is 2. The molecule has 0 amide bonds. The highest BCUT2D eigenvalue weighted by atomic mass is 35.5. The van der Waals surface area contributed by atoms with Gasteiger partial charge in [-0.25, -0.2) is 4.98 Å². The van der Waals surface area contributed by atoms with Crippen molar-refractivity contribution in [3.8, 4) is 34.3 Å². The zero-order valence-corrected chi connectivity index (χ0v) is 14.4. The molecular weight excluding hydrogens is 340 g/mol. The number of nitrogens with zero attached hydrogens (tertiary/aromatic N) is 2. The number of halogens is 1. The van der Waals surface area contributed by atoms with Gasteiger partial charge in [-0.05, 0) is 36.4 Å². The molecule has 0 saturated carbocycles. The number of rotatable bonds is 4. The van der Waals surface area contributed by atoms with Crippen LogP contribution in [0, 0.1) is 0 Å². The van der Waals surface area contributed by atoms with Gasteiger partial charge in [-0.1, -0.05) is 11.6 Å². The molecule has 0 unspecified atom stereocenters. The van der Waals surface area contributed by atoms with Crippen molar-refractivity contribution in [2.75, 3.05) is 14.2 Å². The van der Waals surface area contributed by atoms with Gasteiger partial charge in [0.05, 0.1) is 30.9 Å². The first-order valence-electron chi connectivity index (χ1n) is 7.61. The Labute approximate surface area is 148 Å². The minimum atomic E-state index is 0.663. The molecule has 0 aliphatic carbocycles. The molecule has 0 radical (unpaired) electrons. The van der Waals surface area contributed by atoms with Gasteiger partial charge >= 0.3 is 0 Å². The molecule has 126 valence electrons. The molecule has 4 aromatic rings. The molecule has 7 heteroatoms. The lowest BCUT2D eigenvalue weighted by Crippen LogP contribution is -1.90. The fraction of sp³-hybridized carbons (Fsp3) is 0.111. The second kappa shape index (κ2) is 6.14. The number of hydrogen-bond donors (Lipinski definition) is 2. The number of aromatic nitrogens is 4. The Bertz CT molecular complexity index is 1050. The Morgan fingerprint density at radius 3 is 2.68 bits per heavy atom. The molecule has 2 aromatic heterocycles. The van der Waals surface area contributed by atoms with E-state index in [0.717, 1.165) is 33.7 Å². The van der Waals surface area contributed by atoms with Crippen LogP contribution in [0.2, 0.25) is 5.02 Å². The first-order valence-corrected chi connectivity index (χ1v) is 7.99. The molecule has 0 bridgehead atoms. The van der Waals surface area contributed by atoms with Gasteiger partial charge < -0.3 is 14.5 Å². The van der Waals surface area contributed by atoms with E-state index < -0.39 is 0 Å². The van der Waals surface area contributed by atoms with E-state index >= 15 is 0 Å². The predicted octanol–water partition coefficient (Wildman–Crippen LogP) is 4.29. The highest BCUT2D eigenvalue weighted by Gasteiger charge is 2.14. The van der Waals surface area contributed by atoms with Crippen molar-refractivity contribution in [3.63, 3.8) is 0 Å². The highest BCUT2D eigenvalue weighted by molar-refractivity contribution is 6.31. The van der Waals surface area contributed by atoms with Crippen LogP contribution in [-0.4, -0.2) is 34.4 Å². The summed E-state index contributed by atoms with van der Waals surface area (Å²) in [5.41, 5.74) is 4.12. The van der Waals surface area contributed by atoms with Gasteiger partial charge in [-0.15, -0.1) is 0 Å². The Morgan fingerprint density at radius 2 is 1.88 bits per heavy atom. The second-order valence-corrected chi connectivity index (χ2v) is 5.92. The summed E-state index contributed by atoms with van der Waals surface area (Å²) >= 11 is 6.02. The second-order valence-electron chi connectivity index (χ2n) is 5.48. The standard InChI is InChI=1S/C18H15ClN4O2/c1-24-11-4-5-12(17(8-11)25-2)14-9-16(23-22-14)18-20-13-6-3-10(19)7-15(13)21-18/h3-9H,1-2H3,(H,20,21)(H,22,23). The Balaban J connectivity index is 1.74. The zero-order chi connectivity index (χ0) is 17.4. The normalized spacial score (nSPS) is 11.0. The zero-order valence-electron chi connectivity index (χ0n) is 13.6. The third-order valence-corrected chi connectivity index (χ3v) is 4.20. The van der Waals surface area contributed by atoms with Crippen molar-refractivity contribution >= 4 is 22.6 Å². The molecule has 2 aromatic carbocycles. The third-order valence-electron chi connectivity index (χ3n) is 3.96. The molecule has 0 fully saturated rings. The summed E-state index contributed by atoms with van der Waals surface area (Å²) in [4.78, 5) is 7.81. The number of imidazole rings is 1. The average molecular weight is 355 g/mol. The van der Waals surface area contributed by atoms with Gasteiger partial charge in [0.1, 0.15) is 17.2 Å². The minimum absolute atomic E-state index is 0.663. The van der Waals surface area contributed by atoms with Gasteiger partial charge in [0.2, 0.25) is 0 Å². The summed E-state index contributed by atoms with van der Waals surface area (Å²) in [5.74, 6) is 2.11. The van der Waals surface area contributed by atoms with Crippen LogP contribution in [-0.2, 0) is 0 Å². The smallest absolute Gasteiger partial charge is 0.156 e. The van der Waals surface area contributed by atoms with E-state index in [-0.39, 0.29) is 0 Å². The topological polar surface area (TPSA) is 75.8 Å². The molecule has 2 N–H and O–H groups in total. The van der Waals surface area contributed by atoms with E-state index in [1.807, 2.05) is 42.5 Å². The molecule has 2 heterocycles. The lowest BCUT2D eigenvalue weighted by molar-refractivity contribution is 0.395. The van der Waals surface area contributed by atoms with E-state index in [0.29, 0.717) is 16.6 Å². The summed E-state index contributed by atoms with van der Waals surface area (Å²) in [6, 6.07) is 13.1. The highest BCUT2D eigenvalue weighted by Crippen LogP contribution is 2.33. The predicted molar refractivity (Wildman–Crippen MR) is 97.2 cm³/mol. The quantitative estimate of drug-likeness (QED) is 0.573. The number of methoxy groups -OCH3 is 2. The van der Waals surface area contributed by atoms with Gasteiger partial charge in [-0.2, -0.15) is 5.10 Å². The Hall–Kier alpha value is -2.99. The maximum Gasteiger partial charge on any atom is 0.156 e. The van der Waals surface area contributed by atoms with Crippen LogP contribution in [0.4, 0.5) is 0 Å². The van der Waals surface area contributed by atoms with E-state index in [9.17, 15) is 0 Å². The lowest BCUT2D eigenvalue weighted by Gasteiger charge is -2.08. The fourth-order valence-electron chi connectivity index (χ4n) is 2.70. The van der Waals surface area contributed by atoms with Crippen LogP contribution in [0.15, 0.2) is 42.5 Å². The average Bonchev–Trinajstić information content (AvgIpc) is 3.27. The van der Waals surface area contributed by atoms with Crippen molar-refractivity contribution in [2.24, 2.45) is 0 Å². The van der Waals surface area contributed by atoms with Gasteiger partial charge in [-0.3, -0.25) is 5.10 Å². The van der Waals surface area contributed by atoms with Crippen LogP contribution < -0.4 is 9.47 Å². The molecule has 0 aliphatic heterocycles. The van der Waals surface area contributed by atoms with Gasteiger partial charge in [0.25, 0.3) is 0 Å². The maximum absolute atomic E-state index is 6.02. The number of benzene rings is 2. The van der Waals surface area contributed by atoms with Crippen LogP contribution in [0.3, 0.4) is 0 Å². The summed E-state index contributed by atoms with van der Waals surface area (Å²) < 4.78 is 10.7. The summed E-state index contributed by atoms with van der Waals surface area (Å²) in [6.07, 6.45) is 0. The lowest BCUT2D eigenvalue weighted by atomic mass is 10.1. The molecule has 4 rings (SSSR count). The van der Waals surface area contributed by atoms with Crippen molar-refractivity contribution in [3.05, 3.63) is 47.5 Å². The Kier molecular flexibility index (Phi) is 3.82. The number of hydrogen-bond acceptors (Lipinski definition) is 4. The SMILES string of the molecule is COc1ccc(-c2cc(-c3nc4ccc(Cl)cc4[nH]3)[nH]n2)c(OC)c1. The van der Waals surface area contributed by atoms with Crippen molar-refractivity contribution in [2.45, 2.75) is 0 Å². The van der Waals surface area contributed by atoms with Crippen LogP contribution in [0.1, 0.15) is 0 Å². The number of aromatic amines is 2. The minimum Gasteiger partial charge on any atom is -0.497 e. The van der Waals surface area contributed by atoms with Gasteiger partial charge in [0, 0.05) is 16.7 Å². The fourth-order valence-corrected chi connectivity index (χ4v) is 2.87. The molecular formula is C18H15ClN4O2. The first-order chi connectivity index (χ1) is 12.2. The van der Waals surface area contributed by atoms with Crippen LogP contribution in [0.5, 0.6) is 11.5 Å². The summed E-state index contributed by atoms with van der Waals surface area (Å²) in [7, 11) is 3.24. The molecule has 0 saturated heterocycles. The van der Waals surface area contributed by atoms with Crippen LogP contribution >= 0.6 is 11.6 Å². The van der Waals surface area contributed by atoms with Crippen LogP contribution in [0.25, 0.3) is 33.8 Å². The van der Waals surface area contributed by atoms with E-state index in [4.69, 9.17) is 21.1 Å². The Morgan fingerprint density at radius 1 is 1.00 bits per heavy atom. The van der Waals surface area contributed by atoms with Gasteiger partial charge in [0.15, 0.2) is 5.82 Å². The van der Waals surface area contributed by atoms with E-state index in [1.54, 1.807) is 14.2 Å². The van der Waals surface area contributed by atoms with E-state index in [1.165, 1.54) is 0 Å². The van der Waals surface area contributed by atoms with E-state index in [2.05, 4.69) is 20.2 Å². The molecule has 0 aliphatic rings. The monoisotopic (exact) mass is 354 g/mol. The van der Waals surface area contributed by atoms with Crippen molar-refractivity contribution < 1.29 is 9.47 Å². The molecule has 6 nitrogen and oxygen atoms in total. The van der Waals surface area contributed by atoms with Crippen molar-refractivity contribution in [1.82, 2.24) is 20.2 Å². The molecule has 0 spiro atoms. The largest absolute Gasteiger partial charge is 0.497 e. The third kappa shape index (κ3) is 2.81. The molecule has 25 heavy (non-hydrogen) atoms. The summed E-state index contributed by atoms with van der Waals surface area (Å²) in [5, 5.41) is 8.06. The van der Waals surface area contributed by atoms with Crippen molar-refractivity contribution in [1.29, 1.82) is 0 Å². The number of ether oxygens (including phenoxy) is 2.